The summed E-state index contributed by atoms with van der Waals surface area (Å²) in [6, 6.07) is 1.52. The molecule has 0 spiro atoms. The number of hydrogen-bond acceptors (Lipinski definition) is 1. The lowest BCUT2D eigenvalue weighted by Gasteiger charge is -1.96. The highest BCUT2D eigenvalue weighted by atomic mass is 127. The molecule has 0 aliphatic rings. The third-order valence-corrected chi connectivity index (χ3v) is 2.12. The number of hydrogen-bond donors (Lipinski definition) is 0. The van der Waals surface area contributed by atoms with Crippen LogP contribution in [-0.2, 0) is 4.43 Å². The van der Waals surface area contributed by atoms with Gasteiger partial charge in [-0.2, -0.15) is 0 Å². The van der Waals surface area contributed by atoms with Crippen molar-refractivity contribution in [3.05, 3.63) is 29.3 Å². The van der Waals surface area contributed by atoms with Crippen molar-refractivity contribution in [1.82, 2.24) is 4.98 Å². The van der Waals surface area contributed by atoms with Crippen molar-refractivity contribution in [2.75, 3.05) is 0 Å². The van der Waals surface area contributed by atoms with Crippen LogP contribution >= 0.6 is 22.6 Å². The average Bonchev–Trinajstić information content (AvgIpc) is 1.95. The largest absolute Gasteiger partial charge is 0.258 e. The molecule has 0 saturated carbocycles. The first-order chi connectivity index (χ1) is 4.74. The Morgan fingerprint density at radius 2 is 2.40 bits per heavy atom. The highest BCUT2D eigenvalue weighted by Crippen LogP contribution is 2.08. The van der Waals surface area contributed by atoms with Gasteiger partial charge in [-0.3, -0.25) is 4.98 Å². The molecule has 0 N–H and O–H groups in total. The van der Waals surface area contributed by atoms with Crippen molar-refractivity contribution in [2.45, 2.75) is 11.4 Å². The molecule has 1 aromatic rings. The predicted octanol–water partition coefficient (Wildman–Crippen LogP) is 2.46. The molecule has 0 amide bonds. The minimum Gasteiger partial charge on any atom is -0.258 e. The highest BCUT2D eigenvalue weighted by molar-refractivity contribution is 14.1. The van der Waals surface area contributed by atoms with E-state index in [-0.39, 0.29) is 5.82 Å². The van der Waals surface area contributed by atoms with Crippen molar-refractivity contribution >= 4 is 22.6 Å². The van der Waals surface area contributed by atoms with Crippen LogP contribution in [0.25, 0.3) is 0 Å². The van der Waals surface area contributed by atoms with Crippen LogP contribution in [0.2, 0.25) is 0 Å². The van der Waals surface area contributed by atoms with Gasteiger partial charge in [0.1, 0.15) is 5.82 Å². The molecule has 0 bridgehead atoms. The van der Waals surface area contributed by atoms with Gasteiger partial charge in [0.25, 0.3) is 0 Å². The standard InChI is InChI=1S/C7H7FIN/c1-5-7(8)2-6(3-9)4-10-5/h2,4H,3H2,1H3. The molecule has 3 heteroatoms. The maximum Gasteiger partial charge on any atom is 0.144 e. The molecular weight excluding hydrogens is 244 g/mol. The highest BCUT2D eigenvalue weighted by Gasteiger charge is 1.97. The normalized spacial score (nSPS) is 9.90. The van der Waals surface area contributed by atoms with Crippen LogP contribution < -0.4 is 0 Å². The zero-order valence-electron chi connectivity index (χ0n) is 5.56. The summed E-state index contributed by atoms with van der Waals surface area (Å²) < 4.78 is 13.5. The van der Waals surface area contributed by atoms with Crippen molar-refractivity contribution in [3.63, 3.8) is 0 Å². The van der Waals surface area contributed by atoms with Gasteiger partial charge in [0.2, 0.25) is 0 Å². The van der Waals surface area contributed by atoms with E-state index in [4.69, 9.17) is 0 Å². The molecule has 0 fully saturated rings. The average molecular weight is 251 g/mol. The molecule has 0 unspecified atom stereocenters. The summed E-state index contributed by atoms with van der Waals surface area (Å²) in [5, 5.41) is 0. The summed E-state index contributed by atoms with van der Waals surface area (Å²) in [5.41, 5.74) is 1.40. The fourth-order valence-electron chi connectivity index (χ4n) is 0.619. The number of aryl methyl sites for hydroxylation is 1. The van der Waals surface area contributed by atoms with E-state index in [9.17, 15) is 4.39 Å². The van der Waals surface area contributed by atoms with Crippen LogP contribution in [0.15, 0.2) is 12.3 Å². The minimum atomic E-state index is -0.214. The van der Waals surface area contributed by atoms with E-state index < -0.39 is 0 Å². The Hall–Kier alpha value is -0.190. The lowest BCUT2D eigenvalue weighted by atomic mass is 10.3. The Labute approximate surface area is 72.8 Å². The predicted molar refractivity (Wildman–Crippen MR) is 46.7 cm³/mol. The summed E-state index contributed by atoms with van der Waals surface area (Å²) in [4.78, 5) is 3.87. The Kier molecular flexibility index (Phi) is 2.59. The molecule has 54 valence electrons. The Balaban J connectivity index is 3.04. The molecule has 0 radical (unpaired) electrons. The Morgan fingerprint density at radius 1 is 1.70 bits per heavy atom. The lowest BCUT2D eigenvalue weighted by Crippen LogP contribution is -1.89. The van der Waals surface area contributed by atoms with Crippen molar-refractivity contribution in [1.29, 1.82) is 0 Å². The van der Waals surface area contributed by atoms with Gasteiger partial charge in [0.15, 0.2) is 0 Å². The summed E-state index contributed by atoms with van der Waals surface area (Å²) >= 11 is 2.18. The molecule has 1 rings (SSSR count). The first-order valence-corrected chi connectivity index (χ1v) is 4.43. The zero-order valence-corrected chi connectivity index (χ0v) is 7.72. The van der Waals surface area contributed by atoms with Gasteiger partial charge >= 0.3 is 0 Å². The Morgan fingerprint density at radius 3 is 2.90 bits per heavy atom. The van der Waals surface area contributed by atoms with Crippen LogP contribution in [0, 0.1) is 12.7 Å². The Bertz CT molecular complexity index is 237. The van der Waals surface area contributed by atoms with Gasteiger partial charge in [-0.25, -0.2) is 4.39 Å². The smallest absolute Gasteiger partial charge is 0.144 e. The number of alkyl halides is 1. The maximum atomic E-state index is 12.7. The number of halogens is 2. The number of aromatic nitrogens is 1. The quantitative estimate of drug-likeness (QED) is 0.552. The first kappa shape index (κ1) is 7.91. The molecule has 0 aromatic carbocycles. The van der Waals surface area contributed by atoms with E-state index in [0.717, 1.165) is 9.99 Å². The molecule has 0 saturated heterocycles. The number of rotatable bonds is 1. The zero-order chi connectivity index (χ0) is 7.56. The molecule has 0 aliphatic carbocycles. The molecular formula is C7H7FIN. The number of nitrogens with zero attached hydrogens (tertiary/aromatic N) is 1. The van der Waals surface area contributed by atoms with Gasteiger partial charge in [-0.1, -0.05) is 22.6 Å². The minimum absolute atomic E-state index is 0.214. The third kappa shape index (κ3) is 1.65. The molecule has 0 atom stereocenters. The molecule has 1 aromatic heterocycles. The van der Waals surface area contributed by atoms with E-state index in [1.807, 2.05) is 0 Å². The first-order valence-electron chi connectivity index (χ1n) is 2.91. The van der Waals surface area contributed by atoms with Gasteiger partial charge in [0, 0.05) is 10.6 Å². The van der Waals surface area contributed by atoms with Gasteiger partial charge in [-0.05, 0) is 18.6 Å². The van der Waals surface area contributed by atoms with E-state index in [0.29, 0.717) is 5.69 Å². The lowest BCUT2D eigenvalue weighted by molar-refractivity contribution is 0.608. The van der Waals surface area contributed by atoms with E-state index in [1.54, 1.807) is 13.1 Å². The second-order valence-electron chi connectivity index (χ2n) is 2.04. The van der Waals surface area contributed by atoms with E-state index in [2.05, 4.69) is 27.6 Å². The second-order valence-corrected chi connectivity index (χ2v) is 2.81. The summed E-state index contributed by atoms with van der Waals surface area (Å²) in [6.07, 6.45) is 1.70. The van der Waals surface area contributed by atoms with Crippen LogP contribution in [0.5, 0.6) is 0 Å². The SMILES string of the molecule is Cc1ncc(CI)cc1F. The van der Waals surface area contributed by atoms with Crippen LogP contribution in [0.1, 0.15) is 11.3 Å². The van der Waals surface area contributed by atoms with Crippen LogP contribution in [0.3, 0.4) is 0 Å². The molecule has 1 heterocycles. The fraction of sp³-hybridized carbons (Fsp3) is 0.286. The number of pyridine rings is 1. The fourth-order valence-corrected chi connectivity index (χ4v) is 1.04. The van der Waals surface area contributed by atoms with E-state index in [1.165, 1.54) is 6.07 Å². The van der Waals surface area contributed by atoms with Gasteiger partial charge in [-0.15, -0.1) is 0 Å². The van der Waals surface area contributed by atoms with Crippen LogP contribution in [-0.4, -0.2) is 4.98 Å². The van der Waals surface area contributed by atoms with Crippen molar-refractivity contribution in [3.8, 4) is 0 Å². The maximum absolute atomic E-state index is 12.7. The molecule has 0 aliphatic heterocycles. The summed E-state index contributed by atoms with van der Waals surface area (Å²) in [6.45, 7) is 1.66. The molecule has 10 heavy (non-hydrogen) atoms. The molecule has 1 nitrogen and oxygen atoms in total. The third-order valence-electron chi connectivity index (χ3n) is 1.24. The summed E-state index contributed by atoms with van der Waals surface area (Å²) in [7, 11) is 0. The van der Waals surface area contributed by atoms with Crippen LogP contribution in [0.4, 0.5) is 4.39 Å². The van der Waals surface area contributed by atoms with Gasteiger partial charge < -0.3 is 0 Å². The topological polar surface area (TPSA) is 12.9 Å². The summed E-state index contributed by atoms with van der Waals surface area (Å²) in [5.74, 6) is -0.214. The van der Waals surface area contributed by atoms with E-state index >= 15 is 0 Å². The second kappa shape index (κ2) is 3.27. The van der Waals surface area contributed by atoms with Crippen molar-refractivity contribution < 1.29 is 4.39 Å². The monoisotopic (exact) mass is 251 g/mol. The van der Waals surface area contributed by atoms with Crippen molar-refractivity contribution in [2.24, 2.45) is 0 Å². The van der Waals surface area contributed by atoms with Gasteiger partial charge in [0.05, 0.1) is 5.69 Å².